The van der Waals surface area contributed by atoms with Crippen LogP contribution in [0.5, 0.6) is 0 Å². The molecule has 0 aromatic carbocycles. The lowest BCUT2D eigenvalue weighted by molar-refractivity contribution is 0.224. The first-order valence-corrected chi connectivity index (χ1v) is 6.38. The van der Waals surface area contributed by atoms with Gasteiger partial charge in [0.25, 0.3) is 0 Å². The number of pyridine rings is 1. The zero-order chi connectivity index (χ0) is 12.7. The summed E-state index contributed by atoms with van der Waals surface area (Å²) >= 11 is 0. The molecule has 0 saturated heterocycles. The molecule has 0 fully saturated rings. The summed E-state index contributed by atoms with van der Waals surface area (Å²) in [5.41, 5.74) is 4.66. The highest BCUT2D eigenvalue weighted by molar-refractivity contribution is 5.34. The number of aromatic nitrogens is 3. The first-order valence-electron chi connectivity index (χ1n) is 6.38. The first kappa shape index (κ1) is 11.4. The van der Waals surface area contributed by atoms with E-state index in [1.165, 1.54) is 11.3 Å². The fourth-order valence-electron chi connectivity index (χ4n) is 2.35. The van der Waals surface area contributed by atoms with Crippen molar-refractivity contribution in [2.24, 2.45) is 0 Å². The van der Waals surface area contributed by atoms with Crippen LogP contribution in [0.3, 0.4) is 0 Å². The fraction of sp³-hybridized carbons (Fsp3) is 0.429. The molecule has 0 spiro atoms. The smallest absolute Gasteiger partial charge is 0.0814 e. The van der Waals surface area contributed by atoms with Crippen molar-refractivity contribution in [1.82, 2.24) is 19.7 Å². The number of aryl methyl sites for hydroxylation is 1. The number of rotatable bonds is 2. The molecule has 0 atom stereocenters. The van der Waals surface area contributed by atoms with Crippen LogP contribution in [-0.2, 0) is 13.1 Å². The van der Waals surface area contributed by atoms with E-state index in [-0.39, 0.29) is 0 Å². The van der Waals surface area contributed by atoms with Gasteiger partial charge in [-0.05, 0) is 32.9 Å². The molecule has 0 aliphatic carbocycles. The third-order valence-electron chi connectivity index (χ3n) is 3.48. The van der Waals surface area contributed by atoms with Gasteiger partial charge in [0.05, 0.1) is 11.4 Å². The van der Waals surface area contributed by atoms with Crippen LogP contribution in [0.1, 0.15) is 30.8 Å². The molecule has 0 amide bonds. The van der Waals surface area contributed by atoms with Crippen LogP contribution in [-0.4, -0.2) is 25.7 Å². The zero-order valence-electron chi connectivity index (χ0n) is 11.1. The Morgan fingerprint density at radius 3 is 2.78 bits per heavy atom. The minimum Gasteiger partial charge on any atom is -0.291 e. The van der Waals surface area contributed by atoms with E-state index in [9.17, 15) is 0 Å². The molecule has 0 bridgehead atoms. The molecule has 4 heteroatoms. The predicted octanol–water partition coefficient (Wildman–Crippen LogP) is 2.30. The lowest BCUT2D eigenvalue weighted by Gasteiger charge is -2.19. The van der Waals surface area contributed by atoms with Crippen LogP contribution >= 0.6 is 0 Å². The highest BCUT2D eigenvalue weighted by Crippen LogP contribution is 2.24. The third-order valence-corrected chi connectivity index (χ3v) is 3.48. The Labute approximate surface area is 107 Å². The maximum atomic E-state index is 4.68. The van der Waals surface area contributed by atoms with Gasteiger partial charge in [0.1, 0.15) is 0 Å². The molecule has 2 aromatic rings. The summed E-state index contributed by atoms with van der Waals surface area (Å²) in [7, 11) is 0. The molecule has 0 saturated carbocycles. The van der Waals surface area contributed by atoms with Crippen molar-refractivity contribution >= 4 is 0 Å². The van der Waals surface area contributed by atoms with E-state index in [2.05, 4.69) is 41.1 Å². The van der Waals surface area contributed by atoms with E-state index in [4.69, 9.17) is 0 Å². The molecular formula is C14H18N4. The van der Waals surface area contributed by atoms with Crippen molar-refractivity contribution in [1.29, 1.82) is 0 Å². The fourth-order valence-corrected chi connectivity index (χ4v) is 2.35. The minimum absolute atomic E-state index is 0.579. The van der Waals surface area contributed by atoms with Gasteiger partial charge in [0, 0.05) is 42.8 Å². The maximum Gasteiger partial charge on any atom is 0.0814 e. The van der Waals surface area contributed by atoms with Gasteiger partial charge < -0.3 is 0 Å². The summed E-state index contributed by atoms with van der Waals surface area (Å²) in [5.74, 6) is 0. The Morgan fingerprint density at radius 1 is 1.28 bits per heavy atom. The molecule has 4 nitrogen and oxygen atoms in total. The Bertz CT molecular complexity index is 547. The molecule has 18 heavy (non-hydrogen) atoms. The Kier molecular flexibility index (Phi) is 2.67. The lowest BCUT2D eigenvalue weighted by Crippen LogP contribution is -2.25. The number of hydrogen-bond acceptors (Lipinski definition) is 3. The van der Waals surface area contributed by atoms with Crippen molar-refractivity contribution in [2.45, 2.75) is 39.9 Å². The van der Waals surface area contributed by atoms with Crippen LogP contribution < -0.4 is 0 Å². The van der Waals surface area contributed by atoms with E-state index < -0.39 is 0 Å². The lowest BCUT2D eigenvalue weighted by atomic mass is 10.3. The molecule has 0 unspecified atom stereocenters. The van der Waals surface area contributed by atoms with Gasteiger partial charge in [-0.2, -0.15) is 5.10 Å². The largest absolute Gasteiger partial charge is 0.291 e. The van der Waals surface area contributed by atoms with Gasteiger partial charge in [0.15, 0.2) is 0 Å². The molecule has 3 rings (SSSR count). The monoisotopic (exact) mass is 242 g/mol. The number of fused-ring (bicyclic) bond motifs is 1. The normalized spacial score (nSPS) is 15.3. The SMILES string of the molecule is Cc1cc(-n2cc3c(n2)CN(C(C)C)C3)ccn1. The summed E-state index contributed by atoms with van der Waals surface area (Å²) in [6.45, 7) is 8.43. The second kappa shape index (κ2) is 4.21. The molecule has 1 aliphatic heterocycles. The molecule has 2 aromatic heterocycles. The molecule has 1 aliphatic rings. The van der Waals surface area contributed by atoms with E-state index in [1.54, 1.807) is 0 Å². The molecule has 94 valence electrons. The van der Waals surface area contributed by atoms with Gasteiger partial charge in [-0.25, -0.2) is 4.68 Å². The average molecular weight is 242 g/mol. The van der Waals surface area contributed by atoms with E-state index >= 15 is 0 Å². The van der Waals surface area contributed by atoms with Crippen molar-refractivity contribution < 1.29 is 0 Å². The van der Waals surface area contributed by atoms with Crippen molar-refractivity contribution in [2.75, 3.05) is 0 Å². The van der Waals surface area contributed by atoms with E-state index in [0.29, 0.717) is 6.04 Å². The van der Waals surface area contributed by atoms with E-state index in [1.807, 2.05) is 23.9 Å². The van der Waals surface area contributed by atoms with Crippen LogP contribution in [0, 0.1) is 6.92 Å². The van der Waals surface area contributed by atoms with Crippen LogP contribution in [0.25, 0.3) is 5.69 Å². The molecule has 0 radical (unpaired) electrons. The van der Waals surface area contributed by atoms with Crippen molar-refractivity contribution in [3.8, 4) is 5.69 Å². The van der Waals surface area contributed by atoms with Gasteiger partial charge in [-0.1, -0.05) is 0 Å². The second-order valence-corrected chi connectivity index (χ2v) is 5.20. The van der Waals surface area contributed by atoms with Gasteiger partial charge in [-0.3, -0.25) is 9.88 Å². The Morgan fingerprint density at radius 2 is 2.11 bits per heavy atom. The second-order valence-electron chi connectivity index (χ2n) is 5.20. The van der Waals surface area contributed by atoms with Crippen LogP contribution in [0.2, 0.25) is 0 Å². The zero-order valence-corrected chi connectivity index (χ0v) is 11.1. The number of hydrogen-bond donors (Lipinski definition) is 0. The Hall–Kier alpha value is -1.68. The molecule has 3 heterocycles. The topological polar surface area (TPSA) is 34.0 Å². The summed E-state index contributed by atoms with van der Waals surface area (Å²) in [5, 5.41) is 4.68. The first-order chi connectivity index (χ1) is 8.63. The quantitative estimate of drug-likeness (QED) is 0.810. The highest BCUT2D eigenvalue weighted by atomic mass is 15.3. The minimum atomic E-state index is 0.579. The van der Waals surface area contributed by atoms with Crippen molar-refractivity contribution in [3.63, 3.8) is 0 Å². The third kappa shape index (κ3) is 1.93. The van der Waals surface area contributed by atoms with Crippen LogP contribution in [0.4, 0.5) is 0 Å². The summed E-state index contributed by atoms with van der Waals surface area (Å²) in [6.07, 6.45) is 3.98. The average Bonchev–Trinajstić information content (AvgIpc) is 2.86. The van der Waals surface area contributed by atoms with E-state index in [0.717, 1.165) is 24.5 Å². The highest BCUT2D eigenvalue weighted by Gasteiger charge is 2.24. The summed E-state index contributed by atoms with van der Waals surface area (Å²) in [4.78, 5) is 6.64. The predicted molar refractivity (Wildman–Crippen MR) is 70.5 cm³/mol. The van der Waals surface area contributed by atoms with Crippen LogP contribution in [0.15, 0.2) is 24.5 Å². The Balaban J connectivity index is 1.89. The molecule has 0 N–H and O–H groups in total. The standard InChI is InChI=1S/C14H18N4/c1-10(2)17-7-12-8-18(16-14(12)9-17)13-4-5-15-11(3)6-13/h4-6,8,10H,7,9H2,1-3H3. The summed E-state index contributed by atoms with van der Waals surface area (Å²) < 4.78 is 1.97. The number of nitrogens with zero attached hydrogens (tertiary/aromatic N) is 4. The summed E-state index contributed by atoms with van der Waals surface area (Å²) in [6, 6.07) is 4.63. The van der Waals surface area contributed by atoms with Gasteiger partial charge >= 0.3 is 0 Å². The maximum absolute atomic E-state index is 4.68. The van der Waals surface area contributed by atoms with Gasteiger partial charge in [0.2, 0.25) is 0 Å². The van der Waals surface area contributed by atoms with Crippen molar-refractivity contribution in [3.05, 3.63) is 41.5 Å². The molecular weight excluding hydrogens is 224 g/mol. The van der Waals surface area contributed by atoms with Gasteiger partial charge in [-0.15, -0.1) is 0 Å².